The molecule has 6 nitrogen and oxygen atoms in total. The number of imidazole rings is 1. The van der Waals surface area contributed by atoms with Crippen LogP contribution in [0.5, 0.6) is 5.75 Å². The van der Waals surface area contributed by atoms with Crippen molar-refractivity contribution in [2.45, 2.75) is 19.4 Å². The minimum atomic E-state index is 0.0599. The van der Waals surface area contributed by atoms with Gasteiger partial charge in [0.1, 0.15) is 11.4 Å². The number of amides is 1. The number of nitrogens with zero attached hydrogens (tertiary/aromatic N) is 4. The number of carbonyl (C=O) groups is 1. The topological polar surface area (TPSA) is 50.6 Å². The molecule has 0 spiro atoms. The van der Waals surface area contributed by atoms with E-state index >= 15 is 0 Å². The SMILES string of the molecule is COc1ccccc1CCN1CCN(C(=O)c2cncn2[C@H](C)c2ccccc2)CC1. The van der Waals surface area contributed by atoms with Gasteiger partial charge in [-0.15, -0.1) is 0 Å². The van der Waals surface area contributed by atoms with E-state index in [2.05, 4.69) is 35.0 Å². The molecule has 1 saturated heterocycles. The maximum Gasteiger partial charge on any atom is 0.272 e. The first-order valence-electron chi connectivity index (χ1n) is 10.9. The number of hydrogen-bond donors (Lipinski definition) is 0. The number of para-hydroxylation sites is 1. The lowest BCUT2D eigenvalue weighted by Crippen LogP contribution is -2.49. The molecule has 2 aromatic carbocycles. The zero-order valence-corrected chi connectivity index (χ0v) is 18.3. The van der Waals surface area contributed by atoms with E-state index < -0.39 is 0 Å². The fourth-order valence-electron chi connectivity index (χ4n) is 4.20. The molecule has 0 aliphatic carbocycles. The minimum absolute atomic E-state index is 0.0599. The van der Waals surface area contributed by atoms with Gasteiger partial charge in [-0.05, 0) is 30.5 Å². The Labute approximate surface area is 184 Å². The summed E-state index contributed by atoms with van der Waals surface area (Å²) < 4.78 is 7.44. The van der Waals surface area contributed by atoms with Crippen LogP contribution >= 0.6 is 0 Å². The fourth-order valence-corrected chi connectivity index (χ4v) is 4.20. The Hall–Kier alpha value is -3.12. The Bertz CT molecular complexity index is 994. The van der Waals surface area contributed by atoms with Crippen LogP contribution in [0.15, 0.2) is 67.1 Å². The summed E-state index contributed by atoms with van der Waals surface area (Å²) in [5.41, 5.74) is 3.04. The third kappa shape index (κ3) is 4.80. The second-order valence-electron chi connectivity index (χ2n) is 7.97. The van der Waals surface area contributed by atoms with Crippen molar-refractivity contribution in [2.75, 3.05) is 39.8 Å². The summed E-state index contributed by atoms with van der Waals surface area (Å²) >= 11 is 0. The Kier molecular flexibility index (Phi) is 6.67. The molecular formula is C25H30N4O2. The van der Waals surface area contributed by atoms with Crippen molar-refractivity contribution in [1.82, 2.24) is 19.4 Å². The smallest absolute Gasteiger partial charge is 0.272 e. The van der Waals surface area contributed by atoms with E-state index in [-0.39, 0.29) is 11.9 Å². The van der Waals surface area contributed by atoms with Crippen LogP contribution in [0, 0.1) is 0 Å². The minimum Gasteiger partial charge on any atom is -0.496 e. The molecular weight excluding hydrogens is 388 g/mol. The lowest BCUT2D eigenvalue weighted by atomic mass is 10.1. The molecule has 1 aromatic heterocycles. The summed E-state index contributed by atoms with van der Waals surface area (Å²) in [6.45, 7) is 6.28. The standard InChI is InChI=1S/C25H30N4O2/c1-20(21-8-4-3-5-9-21)29-19-26-18-23(29)25(30)28-16-14-27(15-17-28)13-12-22-10-6-7-11-24(22)31-2/h3-11,18-20H,12-17H2,1-2H3/t20-/m1/s1. The maximum absolute atomic E-state index is 13.2. The summed E-state index contributed by atoms with van der Waals surface area (Å²) in [6.07, 6.45) is 4.39. The third-order valence-corrected chi connectivity index (χ3v) is 6.13. The van der Waals surface area contributed by atoms with Gasteiger partial charge in [-0.3, -0.25) is 9.69 Å². The van der Waals surface area contributed by atoms with E-state index in [9.17, 15) is 4.79 Å². The molecule has 31 heavy (non-hydrogen) atoms. The Balaban J connectivity index is 1.34. The quantitative estimate of drug-likeness (QED) is 0.589. The lowest BCUT2D eigenvalue weighted by molar-refractivity contribution is 0.0627. The second kappa shape index (κ2) is 9.79. The van der Waals surface area contributed by atoms with E-state index in [1.54, 1.807) is 19.6 Å². The number of aromatic nitrogens is 2. The molecule has 0 bridgehead atoms. The van der Waals surface area contributed by atoms with Gasteiger partial charge in [0.05, 0.1) is 25.7 Å². The molecule has 162 valence electrons. The van der Waals surface area contributed by atoms with Crippen molar-refractivity contribution in [3.63, 3.8) is 0 Å². The van der Waals surface area contributed by atoms with Crippen molar-refractivity contribution >= 4 is 5.91 Å². The Morgan fingerprint density at radius 3 is 2.48 bits per heavy atom. The van der Waals surface area contributed by atoms with E-state index in [1.165, 1.54) is 5.56 Å². The van der Waals surface area contributed by atoms with Crippen LogP contribution in [0.4, 0.5) is 0 Å². The summed E-state index contributed by atoms with van der Waals surface area (Å²) in [7, 11) is 1.71. The van der Waals surface area contributed by atoms with Crippen LogP contribution < -0.4 is 4.74 Å². The number of methoxy groups -OCH3 is 1. The van der Waals surface area contributed by atoms with Gasteiger partial charge in [-0.1, -0.05) is 48.5 Å². The van der Waals surface area contributed by atoms with Crippen molar-refractivity contribution in [3.8, 4) is 5.75 Å². The van der Waals surface area contributed by atoms with Crippen molar-refractivity contribution in [3.05, 3.63) is 83.9 Å². The van der Waals surface area contributed by atoms with E-state index in [0.717, 1.165) is 50.5 Å². The van der Waals surface area contributed by atoms with Crippen LogP contribution in [0.25, 0.3) is 0 Å². The number of carbonyl (C=O) groups excluding carboxylic acids is 1. The summed E-state index contributed by atoms with van der Waals surface area (Å²) in [5.74, 6) is 1.00. The number of ether oxygens (including phenoxy) is 1. The Morgan fingerprint density at radius 2 is 1.74 bits per heavy atom. The molecule has 4 rings (SSSR count). The Morgan fingerprint density at radius 1 is 1.03 bits per heavy atom. The predicted octanol–water partition coefficient (Wildman–Crippen LogP) is 3.50. The molecule has 0 N–H and O–H groups in total. The first-order chi connectivity index (χ1) is 15.2. The van der Waals surface area contributed by atoms with Crippen LogP contribution in [-0.4, -0.2) is 65.1 Å². The van der Waals surface area contributed by atoms with Crippen molar-refractivity contribution in [2.24, 2.45) is 0 Å². The van der Waals surface area contributed by atoms with Crippen LogP contribution in [0.2, 0.25) is 0 Å². The highest BCUT2D eigenvalue weighted by molar-refractivity contribution is 5.92. The van der Waals surface area contributed by atoms with E-state index in [4.69, 9.17) is 4.74 Å². The van der Waals surface area contributed by atoms with Gasteiger partial charge < -0.3 is 14.2 Å². The van der Waals surface area contributed by atoms with Crippen LogP contribution in [0.1, 0.15) is 34.6 Å². The zero-order valence-electron chi connectivity index (χ0n) is 18.3. The molecule has 1 aliphatic rings. The first-order valence-corrected chi connectivity index (χ1v) is 10.9. The van der Waals surface area contributed by atoms with E-state index in [1.807, 2.05) is 45.9 Å². The van der Waals surface area contributed by atoms with Gasteiger partial charge in [0.15, 0.2) is 0 Å². The third-order valence-electron chi connectivity index (χ3n) is 6.13. The van der Waals surface area contributed by atoms with E-state index in [0.29, 0.717) is 5.69 Å². The fraction of sp³-hybridized carbons (Fsp3) is 0.360. The second-order valence-corrected chi connectivity index (χ2v) is 7.97. The number of piperazine rings is 1. The summed E-state index contributed by atoms with van der Waals surface area (Å²) in [5, 5.41) is 0. The average molecular weight is 419 g/mol. The monoisotopic (exact) mass is 418 g/mol. The van der Waals surface area contributed by atoms with Crippen LogP contribution in [-0.2, 0) is 6.42 Å². The van der Waals surface area contributed by atoms with Gasteiger partial charge in [-0.2, -0.15) is 0 Å². The molecule has 0 radical (unpaired) electrons. The van der Waals surface area contributed by atoms with Gasteiger partial charge >= 0.3 is 0 Å². The molecule has 1 amide bonds. The van der Waals surface area contributed by atoms with Crippen LogP contribution in [0.3, 0.4) is 0 Å². The molecule has 1 atom stereocenters. The number of benzene rings is 2. The lowest BCUT2D eigenvalue weighted by Gasteiger charge is -2.35. The molecule has 0 unspecified atom stereocenters. The summed E-state index contributed by atoms with van der Waals surface area (Å²) in [4.78, 5) is 21.9. The summed E-state index contributed by atoms with van der Waals surface area (Å²) in [6, 6.07) is 18.4. The molecule has 0 saturated carbocycles. The van der Waals surface area contributed by atoms with Gasteiger partial charge in [0, 0.05) is 32.7 Å². The predicted molar refractivity (Wildman–Crippen MR) is 122 cm³/mol. The molecule has 6 heteroatoms. The molecule has 3 aromatic rings. The normalized spacial score (nSPS) is 15.6. The number of rotatable bonds is 7. The first kappa shape index (κ1) is 21.1. The highest BCUT2D eigenvalue weighted by Crippen LogP contribution is 2.21. The molecule has 1 fully saturated rings. The molecule has 1 aliphatic heterocycles. The largest absolute Gasteiger partial charge is 0.496 e. The van der Waals surface area contributed by atoms with Crippen molar-refractivity contribution < 1.29 is 9.53 Å². The number of hydrogen-bond acceptors (Lipinski definition) is 4. The van der Waals surface area contributed by atoms with Gasteiger partial charge in [-0.25, -0.2) is 4.98 Å². The highest BCUT2D eigenvalue weighted by atomic mass is 16.5. The highest BCUT2D eigenvalue weighted by Gasteiger charge is 2.25. The van der Waals surface area contributed by atoms with Gasteiger partial charge in [0.25, 0.3) is 5.91 Å². The maximum atomic E-state index is 13.2. The van der Waals surface area contributed by atoms with Crippen molar-refractivity contribution in [1.29, 1.82) is 0 Å². The average Bonchev–Trinajstić information content (AvgIpc) is 3.33. The van der Waals surface area contributed by atoms with Gasteiger partial charge in [0.2, 0.25) is 0 Å². The molecule has 2 heterocycles. The zero-order chi connectivity index (χ0) is 21.6.